The molecule has 2 aromatic rings. The van der Waals surface area contributed by atoms with Crippen LogP contribution in [0.25, 0.3) is 0 Å². The molecule has 1 heterocycles. The van der Waals surface area contributed by atoms with Crippen LogP contribution in [0.2, 0.25) is 0 Å². The molecule has 0 unspecified atom stereocenters. The van der Waals surface area contributed by atoms with Crippen molar-refractivity contribution in [2.45, 2.75) is 44.9 Å². The van der Waals surface area contributed by atoms with E-state index < -0.39 is 0 Å². The van der Waals surface area contributed by atoms with E-state index in [1.54, 1.807) is 11.8 Å². The fraction of sp³-hybridized carbons (Fsp3) is 0.421. The second-order valence-corrected chi connectivity index (χ2v) is 9.17. The zero-order chi connectivity index (χ0) is 18.0. The lowest BCUT2D eigenvalue weighted by Gasteiger charge is -2.26. The third-order valence-electron chi connectivity index (χ3n) is 4.05. The van der Waals surface area contributed by atoms with Crippen molar-refractivity contribution in [3.8, 4) is 0 Å². The van der Waals surface area contributed by atoms with E-state index >= 15 is 0 Å². The minimum absolute atomic E-state index is 0.0666. The van der Waals surface area contributed by atoms with Crippen LogP contribution in [-0.2, 0) is 6.42 Å². The van der Waals surface area contributed by atoms with E-state index in [1.807, 2.05) is 24.3 Å². The number of fused-ring (bicyclic) bond motifs is 1. The largest absolute Gasteiger partial charge is 0.298 e. The molecule has 1 aliphatic carbocycles. The zero-order valence-corrected chi connectivity index (χ0v) is 16.4. The highest BCUT2D eigenvalue weighted by molar-refractivity contribution is 7.99. The highest BCUT2D eigenvalue weighted by Crippen LogP contribution is 2.38. The van der Waals surface area contributed by atoms with Crippen molar-refractivity contribution in [3.63, 3.8) is 0 Å². The van der Waals surface area contributed by atoms with Crippen LogP contribution in [0.1, 0.15) is 59.3 Å². The van der Waals surface area contributed by atoms with E-state index in [2.05, 4.69) is 31.1 Å². The zero-order valence-electron chi connectivity index (χ0n) is 14.7. The van der Waals surface area contributed by atoms with E-state index in [1.165, 1.54) is 11.3 Å². The molecule has 1 N–H and O–H groups in total. The topological polar surface area (TPSA) is 59.1 Å². The molecule has 3 rings (SSSR count). The molecule has 0 bridgehead atoms. The van der Waals surface area contributed by atoms with Gasteiger partial charge >= 0.3 is 0 Å². The summed E-state index contributed by atoms with van der Waals surface area (Å²) in [4.78, 5) is 31.2. The third kappa shape index (κ3) is 4.12. The van der Waals surface area contributed by atoms with Crippen LogP contribution in [0, 0.1) is 5.41 Å². The summed E-state index contributed by atoms with van der Waals surface area (Å²) in [6, 6.07) is 7.60. The Balaban J connectivity index is 1.80. The molecule has 0 atom stereocenters. The number of nitrogens with zero attached hydrogens (tertiary/aromatic N) is 1. The minimum Gasteiger partial charge on any atom is -0.298 e. The van der Waals surface area contributed by atoms with Crippen LogP contribution in [0.3, 0.4) is 0 Å². The molecule has 6 heteroatoms. The molecule has 4 nitrogen and oxygen atoms in total. The maximum absolute atomic E-state index is 12.7. The number of rotatable bonds is 5. The van der Waals surface area contributed by atoms with Crippen molar-refractivity contribution in [3.05, 3.63) is 40.4 Å². The number of benzene rings is 1. The van der Waals surface area contributed by atoms with Crippen molar-refractivity contribution in [1.29, 1.82) is 0 Å². The summed E-state index contributed by atoms with van der Waals surface area (Å²) in [5.74, 6) is 0.930. The van der Waals surface area contributed by atoms with Gasteiger partial charge in [0.05, 0.1) is 16.1 Å². The van der Waals surface area contributed by atoms with Gasteiger partial charge in [0.15, 0.2) is 10.9 Å². The van der Waals surface area contributed by atoms with Crippen molar-refractivity contribution in [2.24, 2.45) is 5.41 Å². The Bertz CT molecular complexity index is 812. The van der Waals surface area contributed by atoms with Crippen LogP contribution in [0.4, 0.5) is 5.13 Å². The lowest BCUT2D eigenvalue weighted by Crippen LogP contribution is -2.26. The van der Waals surface area contributed by atoms with Gasteiger partial charge in [-0.3, -0.25) is 14.9 Å². The van der Waals surface area contributed by atoms with E-state index in [0.29, 0.717) is 22.0 Å². The number of anilines is 1. The second kappa shape index (κ2) is 7.30. The van der Waals surface area contributed by atoms with Crippen LogP contribution >= 0.6 is 23.1 Å². The lowest BCUT2D eigenvalue weighted by molar-refractivity contribution is 0.0915. The maximum Gasteiger partial charge on any atom is 0.258 e. The third-order valence-corrected chi connectivity index (χ3v) is 6.38. The van der Waals surface area contributed by atoms with Gasteiger partial charge < -0.3 is 0 Å². The molecular weight excluding hydrogens is 352 g/mol. The van der Waals surface area contributed by atoms with Crippen LogP contribution in [-0.4, -0.2) is 22.4 Å². The number of aromatic nitrogens is 1. The molecule has 1 aliphatic rings. The highest BCUT2D eigenvalue weighted by Gasteiger charge is 2.34. The van der Waals surface area contributed by atoms with Gasteiger partial charge in [-0.05, 0) is 36.1 Å². The number of ketones is 1. The lowest BCUT2D eigenvalue weighted by atomic mass is 9.78. The van der Waals surface area contributed by atoms with E-state index in [-0.39, 0.29) is 17.1 Å². The first kappa shape index (κ1) is 18.1. The molecule has 0 spiro atoms. The molecule has 0 aliphatic heterocycles. The average Bonchev–Trinajstić information content (AvgIpc) is 2.94. The first-order chi connectivity index (χ1) is 11.9. The Kier molecular flexibility index (Phi) is 5.29. The molecule has 25 heavy (non-hydrogen) atoms. The molecule has 1 aromatic carbocycles. The van der Waals surface area contributed by atoms with Crippen LogP contribution in [0.5, 0.6) is 0 Å². The highest BCUT2D eigenvalue weighted by atomic mass is 32.2. The van der Waals surface area contributed by atoms with Crippen molar-refractivity contribution >= 4 is 39.9 Å². The molecule has 0 fully saturated rings. The van der Waals surface area contributed by atoms with Gasteiger partial charge in [0.25, 0.3) is 5.91 Å². The monoisotopic (exact) mass is 374 g/mol. The molecular formula is C19H22N2O2S2. The van der Waals surface area contributed by atoms with Crippen molar-refractivity contribution in [2.75, 3.05) is 11.1 Å². The number of carbonyl (C=O) groups is 2. The molecule has 132 valence electrons. The minimum atomic E-state index is -0.169. The summed E-state index contributed by atoms with van der Waals surface area (Å²) in [7, 11) is 0. The summed E-state index contributed by atoms with van der Waals surface area (Å²) in [5.41, 5.74) is 1.40. The number of hydrogen-bond donors (Lipinski definition) is 1. The predicted octanol–water partition coefficient (Wildman–Crippen LogP) is 5.05. The summed E-state index contributed by atoms with van der Waals surface area (Å²) in [5, 5.41) is 3.39. The van der Waals surface area contributed by atoms with Gasteiger partial charge in [-0.1, -0.05) is 44.2 Å². The first-order valence-electron chi connectivity index (χ1n) is 8.46. The standard InChI is InChI=1S/C19H22N2O2S2/c1-4-9-24-15-8-6-5-7-12(15)17(23)21-18-20-13-10-19(2,3)11-14(22)16(13)25-18/h5-8H,4,9-11H2,1-3H3,(H,20,21,23). The maximum atomic E-state index is 12.7. The number of amides is 1. The van der Waals surface area contributed by atoms with E-state index in [0.717, 1.165) is 29.2 Å². The van der Waals surface area contributed by atoms with E-state index in [9.17, 15) is 9.59 Å². The molecule has 0 saturated carbocycles. The fourth-order valence-electron chi connectivity index (χ4n) is 2.93. The Morgan fingerprint density at radius 1 is 1.32 bits per heavy atom. The number of Topliss-reactive ketones (excluding diaryl/α,β-unsaturated/α-hetero) is 1. The summed E-state index contributed by atoms with van der Waals surface area (Å²) >= 11 is 2.97. The number of carbonyl (C=O) groups excluding carboxylic acids is 2. The number of thiazole rings is 1. The van der Waals surface area contributed by atoms with Gasteiger partial charge in [-0.15, -0.1) is 11.8 Å². The SMILES string of the molecule is CCCSc1ccccc1C(=O)Nc1nc2c(s1)C(=O)CC(C)(C)C2. The molecule has 0 saturated heterocycles. The predicted molar refractivity (Wildman–Crippen MR) is 104 cm³/mol. The van der Waals surface area contributed by atoms with Gasteiger partial charge in [-0.25, -0.2) is 4.98 Å². The average molecular weight is 375 g/mol. The normalized spacial score (nSPS) is 15.7. The fourth-order valence-corrected chi connectivity index (χ4v) is 4.76. The summed E-state index contributed by atoms with van der Waals surface area (Å²) in [6.45, 7) is 6.27. The van der Waals surface area contributed by atoms with Crippen molar-refractivity contribution in [1.82, 2.24) is 4.98 Å². The smallest absolute Gasteiger partial charge is 0.258 e. The Labute approximate surface area is 156 Å². The number of nitrogens with one attached hydrogen (secondary N) is 1. The van der Waals surface area contributed by atoms with Crippen molar-refractivity contribution < 1.29 is 9.59 Å². The van der Waals surface area contributed by atoms with Gasteiger partial charge in [0.2, 0.25) is 0 Å². The Morgan fingerprint density at radius 2 is 2.08 bits per heavy atom. The first-order valence-corrected chi connectivity index (χ1v) is 10.3. The second-order valence-electron chi connectivity index (χ2n) is 7.03. The Morgan fingerprint density at radius 3 is 2.84 bits per heavy atom. The van der Waals surface area contributed by atoms with Gasteiger partial charge in [0.1, 0.15) is 0 Å². The molecule has 1 aromatic heterocycles. The molecule has 1 amide bonds. The van der Waals surface area contributed by atoms with Gasteiger partial charge in [-0.2, -0.15) is 0 Å². The molecule has 0 radical (unpaired) electrons. The van der Waals surface area contributed by atoms with E-state index in [4.69, 9.17) is 0 Å². The number of hydrogen-bond acceptors (Lipinski definition) is 5. The van der Waals surface area contributed by atoms with Crippen LogP contribution < -0.4 is 5.32 Å². The quantitative estimate of drug-likeness (QED) is 0.744. The number of thioether (sulfide) groups is 1. The summed E-state index contributed by atoms with van der Waals surface area (Å²) in [6.07, 6.45) is 2.35. The summed E-state index contributed by atoms with van der Waals surface area (Å²) < 4.78 is 0. The Hall–Kier alpha value is -1.66. The van der Waals surface area contributed by atoms with Crippen LogP contribution in [0.15, 0.2) is 29.2 Å². The van der Waals surface area contributed by atoms with Gasteiger partial charge in [0, 0.05) is 11.3 Å².